The monoisotopic (exact) mass is 326 g/mol. The van der Waals surface area contributed by atoms with E-state index < -0.39 is 10.0 Å². The molecule has 2 aliphatic rings. The molecule has 0 aromatic heterocycles. The first kappa shape index (κ1) is 14.3. The van der Waals surface area contributed by atoms with Crippen molar-refractivity contribution < 1.29 is 17.9 Å². The van der Waals surface area contributed by atoms with E-state index in [9.17, 15) is 8.42 Å². The van der Waals surface area contributed by atoms with Gasteiger partial charge < -0.3 is 14.4 Å². The van der Waals surface area contributed by atoms with E-state index in [2.05, 4.69) is 4.40 Å². The van der Waals surface area contributed by atoms with Crippen LogP contribution in [0.3, 0.4) is 0 Å². The van der Waals surface area contributed by atoms with Crippen molar-refractivity contribution in [3.8, 4) is 11.5 Å². The van der Waals surface area contributed by atoms with Crippen molar-refractivity contribution in [3.63, 3.8) is 0 Å². The largest absolute Gasteiger partial charge is 0.497 e. The first-order valence-electron chi connectivity index (χ1n) is 6.23. The van der Waals surface area contributed by atoms with Gasteiger partial charge in [0, 0.05) is 17.5 Å². The van der Waals surface area contributed by atoms with Gasteiger partial charge in [0.05, 0.1) is 25.7 Å². The van der Waals surface area contributed by atoms with Crippen molar-refractivity contribution >= 4 is 32.6 Å². The zero-order chi connectivity index (χ0) is 15.0. The minimum Gasteiger partial charge on any atom is -0.497 e. The van der Waals surface area contributed by atoms with Crippen LogP contribution in [-0.4, -0.2) is 45.0 Å². The molecule has 2 aliphatic heterocycles. The first-order chi connectivity index (χ1) is 10.0. The molecule has 0 saturated carbocycles. The molecule has 0 saturated heterocycles. The second kappa shape index (κ2) is 5.27. The molecular weight excluding hydrogens is 312 g/mol. The van der Waals surface area contributed by atoms with Gasteiger partial charge in [-0.3, -0.25) is 0 Å². The molecule has 0 atom stereocenters. The third kappa shape index (κ3) is 2.60. The van der Waals surface area contributed by atoms with Crippen molar-refractivity contribution in [1.29, 1.82) is 0 Å². The van der Waals surface area contributed by atoms with Gasteiger partial charge >= 0.3 is 0 Å². The molecule has 8 heteroatoms. The predicted molar refractivity (Wildman–Crippen MR) is 83.0 cm³/mol. The van der Waals surface area contributed by atoms with Crippen LogP contribution in [0.25, 0.3) is 5.70 Å². The highest BCUT2D eigenvalue weighted by Gasteiger charge is 2.32. The summed E-state index contributed by atoms with van der Waals surface area (Å²) in [4.78, 5) is 1.89. The summed E-state index contributed by atoms with van der Waals surface area (Å²) < 4.78 is 37.6. The number of nitrogens with zero attached hydrogens (tertiary/aromatic N) is 2. The van der Waals surface area contributed by atoms with Gasteiger partial charge in [-0.15, -0.1) is 4.40 Å². The Labute approximate surface area is 127 Å². The lowest BCUT2D eigenvalue weighted by Crippen LogP contribution is -2.34. The molecule has 0 radical (unpaired) electrons. The normalized spacial score (nSPS) is 19.6. The van der Waals surface area contributed by atoms with Gasteiger partial charge in [-0.05, 0) is 18.2 Å². The second-order valence-corrected chi connectivity index (χ2v) is 7.09. The number of hydrogen-bond acceptors (Lipinski definition) is 6. The van der Waals surface area contributed by atoms with Gasteiger partial charge in [0.15, 0.2) is 5.17 Å². The number of sulfonamides is 1. The summed E-state index contributed by atoms with van der Waals surface area (Å²) in [7, 11) is -0.133. The fourth-order valence-corrected chi connectivity index (χ4v) is 4.36. The molecule has 3 rings (SSSR count). The van der Waals surface area contributed by atoms with E-state index in [1.807, 2.05) is 28.5 Å². The number of ether oxygens (including phenoxy) is 2. The van der Waals surface area contributed by atoms with Crippen LogP contribution in [0.4, 0.5) is 0 Å². The number of hydrogen-bond donors (Lipinski definition) is 0. The molecular formula is C13H14N2O4S2. The van der Waals surface area contributed by atoms with Crippen molar-refractivity contribution in [3.05, 3.63) is 29.2 Å². The van der Waals surface area contributed by atoms with Crippen LogP contribution >= 0.6 is 11.8 Å². The lowest BCUT2D eigenvalue weighted by Gasteiger charge is -2.26. The molecule has 0 amide bonds. The molecule has 112 valence electrons. The van der Waals surface area contributed by atoms with Crippen LogP contribution in [0, 0.1) is 0 Å². The van der Waals surface area contributed by atoms with Crippen LogP contribution in [-0.2, 0) is 10.0 Å². The molecule has 0 fully saturated rings. The summed E-state index contributed by atoms with van der Waals surface area (Å²) in [6.45, 7) is 0.389. The smallest absolute Gasteiger partial charge is 0.257 e. The standard InChI is InChI=1S/C13H14N2O4S2/c1-18-9-3-4-12(19-2)10(7-9)11-8-20-13-14-21(16,17)6-5-15(11)13/h3-4,7-8H,5-6H2,1-2H3. The fourth-order valence-electron chi connectivity index (χ4n) is 2.22. The molecule has 1 aromatic rings. The Bertz CT molecular complexity index is 741. The maximum atomic E-state index is 11.6. The molecule has 0 bridgehead atoms. The average molecular weight is 326 g/mol. The molecule has 6 nitrogen and oxygen atoms in total. The SMILES string of the molecule is COc1ccc(OC)c(C2=CSC3=NS(=O)(=O)CCN23)c1. The van der Waals surface area contributed by atoms with Crippen LogP contribution in [0.2, 0.25) is 0 Å². The van der Waals surface area contributed by atoms with E-state index in [0.29, 0.717) is 23.2 Å². The quantitative estimate of drug-likeness (QED) is 0.843. The first-order valence-corrected chi connectivity index (χ1v) is 8.72. The van der Waals surface area contributed by atoms with E-state index in [4.69, 9.17) is 9.47 Å². The van der Waals surface area contributed by atoms with E-state index in [0.717, 1.165) is 11.3 Å². The average Bonchev–Trinajstić information content (AvgIpc) is 2.87. The highest BCUT2D eigenvalue weighted by molar-refractivity contribution is 8.17. The van der Waals surface area contributed by atoms with Gasteiger partial charge in [-0.25, -0.2) is 8.42 Å². The number of fused-ring (bicyclic) bond motifs is 1. The van der Waals surface area contributed by atoms with E-state index in [-0.39, 0.29) is 5.75 Å². The Balaban J connectivity index is 2.03. The highest BCUT2D eigenvalue weighted by atomic mass is 32.2. The molecule has 21 heavy (non-hydrogen) atoms. The van der Waals surface area contributed by atoms with Crippen LogP contribution in [0.15, 0.2) is 28.0 Å². The molecule has 2 heterocycles. The fraction of sp³-hybridized carbons (Fsp3) is 0.308. The van der Waals surface area contributed by atoms with Crippen molar-refractivity contribution in [1.82, 2.24) is 4.90 Å². The van der Waals surface area contributed by atoms with Crippen LogP contribution in [0.1, 0.15) is 5.56 Å². The Morgan fingerprint density at radius 3 is 2.81 bits per heavy atom. The number of amidine groups is 1. The van der Waals surface area contributed by atoms with Gasteiger partial charge in [-0.2, -0.15) is 0 Å². The summed E-state index contributed by atoms with van der Waals surface area (Å²) >= 11 is 1.30. The topological polar surface area (TPSA) is 68.2 Å². The maximum Gasteiger partial charge on any atom is 0.257 e. The number of methoxy groups -OCH3 is 2. The molecule has 0 spiro atoms. The van der Waals surface area contributed by atoms with E-state index >= 15 is 0 Å². The Kier molecular flexibility index (Phi) is 3.58. The van der Waals surface area contributed by atoms with Gasteiger partial charge in [0.1, 0.15) is 11.5 Å². The molecule has 0 aliphatic carbocycles. The summed E-state index contributed by atoms with van der Waals surface area (Å²) in [6, 6.07) is 5.52. The summed E-state index contributed by atoms with van der Waals surface area (Å²) in [5.41, 5.74) is 1.73. The Morgan fingerprint density at radius 2 is 2.10 bits per heavy atom. The highest BCUT2D eigenvalue weighted by Crippen LogP contribution is 2.40. The number of benzene rings is 1. The van der Waals surface area contributed by atoms with Crippen LogP contribution in [0.5, 0.6) is 11.5 Å². The minimum atomic E-state index is -3.33. The zero-order valence-corrected chi connectivity index (χ0v) is 13.2. The summed E-state index contributed by atoms with van der Waals surface area (Å²) in [6.07, 6.45) is 0. The number of thioether (sulfide) groups is 1. The second-order valence-electron chi connectivity index (χ2n) is 4.50. The minimum absolute atomic E-state index is 0.0146. The predicted octanol–water partition coefficient (Wildman–Crippen LogP) is 1.75. The van der Waals surface area contributed by atoms with Gasteiger partial charge in [0.25, 0.3) is 10.0 Å². The molecule has 0 N–H and O–H groups in total. The third-order valence-corrected chi connectivity index (χ3v) is 5.40. The third-order valence-electron chi connectivity index (χ3n) is 3.27. The molecule has 1 aromatic carbocycles. The van der Waals surface area contributed by atoms with Crippen molar-refractivity contribution in [2.24, 2.45) is 4.40 Å². The molecule has 0 unspecified atom stereocenters. The van der Waals surface area contributed by atoms with Crippen molar-refractivity contribution in [2.75, 3.05) is 26.5 Å². The lowest BCUT2D eigenvalue weighted by atomic mass is 10.1. The Morgan fingerprint density at radius 1 is 1.29 bits per heavy atom. The Hall–Kier alpha value is -1.67. The maximum absolute atomic E-state index is 11.6. The van der Waals surface area contributed by atoms with Crippen LogP contribution < -0.4 is 9.47 Å². The van der Waals surface area contributed by atoms with E-state index in [1.54, 1.807) is 14.2 Å². The summed E-state index contributed by atoms with van der Waals surface area (Å²) in [5, 5.41) is 2.37. The number of rotatable bonds is 3. The van der Waals surface area contributed by atoms with Gasteiger partial charge in [-0.1, -0.05) is 11.8 Å². The van der Waals surface area contributed by atoms with E-state index in [1.165, 1.54) is 11.8 Å². The lowest BCUT2D eigenvalue weighted by molar-refractivity contribution is 0.401. The van der Waals surface area contributed by atoms with Crippen molar-refractivity contribution in [2.45, 2.75) is 0 Å². The van der Waals surface area contributed by atoms with Gasteiger partial charge in [0.2, 0.25) is 0 Å². The summed E-state index contributed by atoms with van der Waals surface area (Å²) in [5.74, 6) is 1.43. The zero-order valence-electron chi connectivity index (χ0n) is 11.6.